The van der Waals surface area contributed by atoms with Gasteiger partial charge in [0.15, 0.2) is 0 Å². The predicted molar refractivity (Wildman–Crippen MR) is 127 cm³/mol. The molecule has 0 saturated heterocycles. The van der Waals surface area contributed by atoms with Crippen molar-refractivity contribution in [2.45, 2.75) is 31.3 Å². The van der Waals surface area contributed by atoms with Gasteiger partial charge in [0.1, 0.15) is 18.8 Å². The van der Waals surface area contributed by atoms with E-state index in [9.17, 15) is 14.4 Å². The number of imidazole rings is 1. The topological polar surface area (TPSA) is 114 Å². The quantitative estimate of drug-likeness (QED) is 0.493. The highest BCUT2D eigenvalue weighted by Crippen LogP contribution is 2.44. The number of nitrogens with one attached hydrogen (secondary N) is 1. The zero-order valence-electron chi connectivity index (χ0n) is 19.1. The monoisotopic (exact) mass is 474 g/mol. The molecule has 0 spiro atoms. The van der Waals surface area contributed by atoms with Gasteiger partial charge in [-0.05, 0) is 35.1 Å². The van der Waals surface area contributed by atoms with Crippen LogP contribution in [0.5, 0.6) is 0 Å². The van der Waals surface area contributed by atoms with Crippen molar-refractivity contribution in [2.75, 3.05) is 19.7 Å². The Morgan fingerprint density at radius 3 is 2.34 bits per heavy atom. The van der Waals surface area contributed by atoms with Crippen LogP contribution in [0.3, 0.4) is 0 Å². The second kappa shape index (κ2) is 9.61. The number of fused-ring (bicyclic) bond motifs is 3. The average Bonchev–Trinajstić information content (AvgIpc) is 3.51. The van der Waals surface area contributed by atoms with Gasteiger partial charge in [-0.3, -0.25) is 9.59 Å². The van der Waals surface area contributed by atoms with Crippen molar-refractivity contribution in [1.82, 2.24) is 19.8 Å². The standard InChI is InChI=1S/C26H26N4O5/c31-24(32)14-30(17-9-10-17)25(33)23-13-29(16-28-23)12-11-27-26(34)35-15-22-20-7-3-1-5-18(20)19-6-2-4-8-21(19)22/h1-8,13,16-17,22H,9-12,14-15H2,(H,27,34)(H,31,32). The molecule has 1 saturated carbocycles. The molecule has 35 heavy (non-hydrogen) atoms. The number of hydrogen-bond acceptors (Lipinski definition) is 5. The number of alkyl carbamates (subject to hydrolysis) is 1. The summed E-state index contributed by atoms with van der Waals surface area (Å²) in [6.07, 6.45) is 4.18. The molecule has 0 atom stereocenters. The van der Waals surface area contributed by atoms with E-state index >= 15 is 0 Å². The maximum atomic E-state index is 12.6. The third-order valence-electron chi connectivity index (χ3n) is 6.39. The number of ether oxygens (including phenoxy) is 1. The first-order valence-electron chi connectivity index (χ1n) is 11.6. The highest BCUT2D eigenvalue weighted by atomic mass is 16.5. The molecule has 2 amide bonds. The van der Waals surface area contributed by atoms with Crippen molar-refractivity contribution in [3.63, 3.8) is 0 Å². The second-order valence-corrected chi connectivity index (χ2v) is 8.81. The Morgan fingerprint density at radius 1 is 1.06 bits per heavy atom. The molecular weight excluding hydrogens is 448 g/mol. The van der Waals surface area contributed by atoms with Gasteiger partial charge in [0.2, 0.25) is 0 Å². The van der Waals surface area contributed by atoms with Crippen LogP contribution in [-0.2, 0) is 16.1 Å². The normalized spacial score (nSPS) is 14.2. The van der Waals surface area contributed by atoms with Gasteiger partial charge in [-0.15, -0.1) is 0 Å². The third-order valence-corrected chi connectivity index (χ3v) is 6.39. The van der Waals surface area contributed by atoms with Crippen LogP contribution in [0, 0.1) is 0 Å². The van der Waals surface area contributed by atoms with Crippen LogP contribution < -0.4 is 5.32 Å². The lowest BCUT2D eigenvalue weighted by Crippen LogP contribution is -2.37. The number of aliphatic carboxylic acids is 1. The fraction of sp³-hybridized carbons (Fsp3) is 0.308. The van der Waals surface area contributed by atoms with Gasteiger partial charge in [0.25, 0.3) is 5.91 Å². The Bertz CT molecular complexity index is 1220. The van der Waals surface area contributed by atoms with Crippen LogP contribution in [-0.4, -0.2) is 63.3 Å². The van der Waals surface area contributed by atoms with Gasteiger partial charge < -0.3 is 24.6 Å². The molecular formula is C26H26N4O5. The number of carboxylic acid groups (broad SMARTS) is 1. The Morgan fingerprint density at radius 2 is 1.71 bits per heavy atom. The summed E-state index contributed by atoms with van der Waals surface area (Å²) in [6, 6.07) is 16.3. The minimum Gasteiger partial charge on any atom is -0.480 e. The van der Waals surface area contributed by atoms with E-state index in [2.05, 4.69) is 34.6 Å². The molecule has 9 nitrogen and oxygen atoms in total. The Labute approximate surface area is 202 Å². The molecule has 180 valence electrons. The van der Waals surface area contributed by atoms with Crippen LogP contribution in [0.4, 0.5) is 4.79 Å². The van der Waals surface area contributed by atoms with Crippen LogP contribution in [0.15, 0.2) is 61.1 Å². The van der Waals surface area contributed by atoms with Crippen LogP contribution in [0.25, 0.3) is 11.1 Å². The molecule has 2 N–H and O–H groups in total. The molecule has 1 heterocycles. The van der Waals surface area contributed by atoms with E-state index < -0.39 is 18.0 Å². The number of nitrogens with zero attached hydrogens (tertiary/aromatic N) is 3. The number of rotatable bonds is 9. The van der Waals surface area contributed by atoms with Gasteiger partial charge in [-0.1, -0.05) is 48.5 Å². The maximum absolute atomic E-state index is 12.6. The third kappa shape index (κ3) is 4.89. The summed E-state index contributed by atoms with van der Waals surface area (Å²) in [7, 11) is 0. The van der Waals surface area contributed by atoms with Crippen molar-refractivity contribution in [3.8, 4) is 11.1 Å². The molecule has 0 bridgehead atoms. The summed E-state index contributed by atoms with van der Waals surface area (Å²) >= 11 is 0. The predicted octanol–water partition coefficient (Wildman–Crippen LogP) is 3.11. The summed E-state index contributed by atoms with van der Waals surface area (Å²) in [5.41, 5.74) is 4.84. The molecule has 9 heteroatoms. The number of amides is 2. The fourth-order valence-corrected chi connectivity index (χ4v) is 4.58. The largest absolute Gasteiger partial charge is 0.480 e. The van der Waals surface area contributed by atoms with Crippen molar-refractivity contribution in [3.05, 3.63) is 77.9 Å². The molecule has 5 rings (SSSR count). The Balaban J connectivity index is 1.12. The van der Waals surface area contributed by atoms with E-state index in [1.165, 1.54) is 22.4 Å². The first-order valence-corrected chi connectivity index (χ1v) is 11.6. The van der Waals surface area contributed by atoms with Crippen molar-refractivity contribution in [2.24, 2.45) is 0 Å². The molecule has 3 aromatic rings. The van der Waals surface area contributed by atoms with E-state index in [1.807, 2.05) is 24.3 Å². The van der Waals surface area contributed by atoms with E-state index in [0.717, 1.165) is 24.0 Å². The second-order valence-electron chi connectivity index (χ2n) is 8.81. The highest BCUT2D eigenvalue weighted by Gasteiger charge is 2.35. The van der Waals surface area contributed by atoms with Gasteiger partial charge in [-0.25, -0.2) is 9.78 Å². The molecule has 0 unspecified atom stereocenters. The molecule has 2 aromatic carbocycles. The van der Waals surface area contributed by atoms with Gasteiger partial charge in [0, 0.05) is 31.2 Å². The summed E-state index contributed by atoms with van der Waals surface area (Å²) in [5.74, 6) is -1.44. The van der Waals surface area contributed by atoms with Gasteiger partial charge >= 0.3 is 12.1 Å². The molecule has 2 aliphatic rings. The number of carbonyl (C=O) groups excluding carboxylic acids is 2. The summed E-state index contributed by atoms with van der Waals surface area (Å²) in [5, 5.41) is 11.8. The molecule has 1 aromatic heterocycles. The first-order chi connectivity index (χ1) is 17.0. The number of hydrogen-bond donors (Lipinski definition) is 2. The van der Waals surface area contributed by atoms with Gasteiger partial charge in [-0.2, -0.15) is 0 Å². The smallest absolute Gasteiger partial charge is 0.407 e. The molecule has 2 aliphatic carbocycles. The maximum Gasteiger partial charge on any atom is 0.407 e. The van der Waals surface area contributed by atoms with Crippen molar-refractivity contribution in [1.29, 1.82) is 0 Å². The minimum atomic E-state index is -1.04. The minimum absolute atomic E-state index is 0.00409. The lowest BCUT2D eigenvalue weighted by Gasteiger charge is -2.18. The van der Waals surface area contributed by atoms with E-state index in [4.69, 9.17) is 9.84 Å². The number of aromatic nitrogens is 2. The van der Waals surface area contributed by atoms with E-state index in [0.29, 0.717) is 13.1 Å². The summed E-state index contributed by atoms with van der Waals surface area (Å²) in [4.78, 5) is 41.5. The van der Waals surface area contributed by atoms with Crippen molar-refractivity contribution >= 4 is 18.0 Å². The zero-order valence-corrected chi connectivity index (χ0v) is 19.1. The lowest BCUT2D eigenvalue weighted by molar-refractivity contribution is -0.137. The number of carboxylic acids is 1. The van der Waals surface area contributed by atoms with Crippen molar-refractivity contribution < 1.29 is 24.2 Å². The summed E-state index contributed by atoms with van der Waals surface area (Å²) in [6.45, 7) is 0.596. The molecule has 0 aliphatic heterocycles. The zero-order chi connectivity index (χ0) is 24.4. The van der Waals surface area contributed by atoms with E-state index in [1.54, 1.807) is 10.8 Å². The first kappa shape index (κ1) is 22.6. The Kier molecular flexibility index (Phi) is 6.22. The SMILES string of the molecule is O=C(O)CN(C(=O)c1cn(CCNC(=O)OCC2c3ccccc3-c3ccccc32)cn1)C1CC1. The highest BCUT2D eigenvalue weighted by molar-refractivity contribution is 5.94. The lowest BCUT2D eigenvalue weighted by atomic mass is 9.98. The van der Waals surface area contributed by atoms with E-state index in [-0.39, 0.29) is 30.8 Å². The van der Waals surface area contributed by atoms with Gasteiger partial charge in [0.05, 0.1) is 6.33 Å². The molecule has 0 radical (unpaired) electrons. The van der Waals surface area contributed by atoms with Crippen LogP contribution >= 0.6 is 0 Å². The fourth-order valence-electron chi connectivity index (χ4n) is 4.58. The average molecular weight is 475 g/mol. The number of benzene rings is 2. The van der Waals surface area contributed by atoms with Crippen LogP contribution in [0.2, 0.25) is 0 Å². The summed E-state index contributed by atoms with van der Waals surface area (Å²) < 4.78 is 7.21. The van der Waals surface area contributed by atoms with Crippen LogP contribution in [0.1, 0.15) is 40.4 Å². The Hall–Kier alpha value is -4.14. The molecule has 1 fully saturated rings. The number of carbonyl (C=O) groups is 3.